The molecule has 1 aromatic carbocycles. The van der Waals surface area contributed by atoms with Crippen molar-refractivity contribution in [3.8, 4) is 11.8 Å². The van der Waals surface area contributed by atoms with E-state index in [0.29, 0.717) is 18.8 Å². The summed E-state index contributed by atoms with van der Waals surface area (Å²) in [5.74, 6) is 0.659. The van der Waals surface area contributed by atoms with Crippen LogP contribution in [0.1, 0.15) is 19.4 Å². The monoisotopic (exact) mass is 261 g/mol. The molecule has 102 valence electrons. The lowest BCUT2D eigenvalue weighted by molar-refractivity contribution is -0.120. The van der Waals surface area contributed by atoms with Gasteiger partial charge in [0.2, 0.25) is 5.91 Å². The minimum Gasteiger partial charge on any atom is -0.479 e. The van der Waals surface area contributed by atoms with E-state index in [-0.39, 0.29) is 18.6 Å². The van der Waals surface area contributed by atoms with Crippen LogP contribution in [0.5, 0.6) is 5.75 Å². The minimum atomic E-state index is -0.0102. The number of hydrogen-bond donors (Lipinski definition) is 2. The van der Waals surface area contributed by atoms with Crippen molar-refractivity contribution < 1.29 is 9.53 Å². The van der Waals surface area contributed by atoms with Crippen molar-refractivity contribution in [1.29, 1.82) is 5.26 Å². The van der Waals surface area contributed by atoms with Gasteiger partial charge in [0.1, 0.15) is 11.8 Å². The number of hydrogen-bond acceptors (Lipinski definition) is 4. The van der Waals surface area contributed by atoms with E-state index in [1.165, 1.54) is 0 Å². The van der Waals surface area contributed by atoms with Gasteiger partial charge in [-0.3, -0.25) is 4.79 Å². The van der Waals surface area contributed by atoms with Crippen molar-refractivity contribution >= 4 is 5.91 Å². The lowest BCUT2D eigenvalue weighted by Crippen LogP contribution is -2.37. The summed E-state index contributed by atoms with van der Waals surface area (Å²) in [6, 6.07) is 9.49. The Morgan fingerprint density at radius 2 is 2.05 bits per heavy atom. The summed E-state index contributed by atoms with van der Waals surface area (Å²) >= 11 is 0. The van der Waals surface area contributed by atoms with Gasteiger partial charge in [-0.2, -0.15) is 5.26 Å². The average Bonchev–Trinajstić information content (AvgIpc) is 2.37. The van der Waals surface area contributed by atoms with Crippen LogP contribution < -0.4 is 15.4 Å². The van der Waals surface area contributed by atoms with E-state index in [0.717, 1.165) is 5.56 Å². The van der Waals surface area contributed by atoms with Crippen LogP contribution in [0, 0.1) is 11.3 Å². The Morgan fingerprint density at radius 1 is 1.37 bits per heavy atom. The molecule has 0 radical (unpaired) electrons. The molecule has 0 spiro atoms. The molecule has 0 saturated heterocycles. The van der Waals surface area contributed by atoms with E-state index >= 15 is 0 Å². The number of amides is 1. The van der Waals surface area contributed by atoms with Gasteiger partial charge in [-0.25, -0.2) is 0 Å². The number of ether oxygens (including phenoxy) is 1. The second-order valence-electron chi connectivity index (χ2n) is 4.42. The Morgan fingerprint density at radius 3 is 2.63 bits per heavy atom. The molecule has 19 heavy (non-hydrogen) atoms. The van der Waals surface area contributed by atoms with Crippen LogP contribution in [0.4, 0.5) is 0 Å². The molecule has 0 unspecified atom stereocenters. The summed E-state index contributed by atoms with van der Waals surface area (Å²) in [6.45, 7) is 4.82. The van der Waals surface area contributed by atoms with Gasteiger partial charge in [0.15, 0.2) is 6.61 Å². The van der Waals surface area contributed by atoms with Crippen molar-refractivity contribution in [2.24, 2.45) is 0 Å². The van der Waals surface area contributed by atoms with Crippen LogP contribution >= 0.6 is 0 Å². The largest absolute Gasteiger partial charge is 0.479 e. The van der Waals surface area contributed by atoms with Crippen LogP contribution in [0.15, 0.2) is 24.3 Å². The molecule has 0 fully saturated rings. The molecular formula is C14H19N3O2. The summed E-state index contributed by atoms with van der Waals surface area (Å²) in [4.78, 5) is 11.4. The second-order valence-corrected chi connectivity index (χ2v) is 4.42. The maximum atomic E-state index is 11.4. The Hall–Kier alpha value is -2.06. The fraction of sp³-hybridized carbons (Fsp3) is 0.429. The second kappa shape index (κ2) is 8.11. The molecule has 5 heteroatoms. The van der Waals surface area contributed by atoms with E-state index < -0.39 is 0 Å². The highest BCUT2D eigenvalue weighted by molar-refractivity contribution is 5.78. The summed E-state index contributed by atoms with van der Waals surface area (Å²) in [6.07, 6.45) is 0. The molecule has 0 aliphatic rings. The minimum absolute atomic E-state index is 0.0102. The van der Waals surface area contributed by atoms with Crippen molar-refractivity contribution in [3.63, 3.8) is 0 Å². The highest BCUT2D eigenvalue weighted by Crippen LogP contribution is 2.11. The van der Waals surface area contributed by atoms with Crippen molar-refractivity contribution in [3.05, 3.63) is 29.8 Å². The van der Waals surface area contributed by atoms with Gasteiger partial charge in [-0.1, -0.05) is 12.1 Å². The third-order valence-corrected chi connectivity index (χ3v) is 2.29. The Labute approximate surface area is 113 Å². The van der Waals surface area contributed by atoms with E-state index in [2.05, 4.69) is 10.6 Å². The van der Waals surface area contributed by atoms with Gasteiger partial charge >= 0.3 is 0 Å². The van der Waals surface area contributed by atoms with Gasteiger partial charge in [0, 0.05) is 12.6 Å². The summed E-state index contributed by atoms with van der Waals surface area (Å²) < 4.78 is 5.15. The first kappa shape index (κ1) is 15.0. The molecule has 1 amide bonds. The third-order valence-electron chi connectivity index (χ3n) is 2.29. The van der Waals surface area contributed by atoms with E-state index in [4.69, 9.17) is 10.00 Å². The molecule has 0 atom stereocenters. The van der Waals surface area contributed by atoms with Crippen LogP contribution in [0.2, 0.25) is 0 Å². The molecule has 0 aliphatic carbocycles. The van der Waals surface area contributed by atoms with Gasteiger partial charge < -0.3 is 15.4 Å². The third kappa shape index (κ3) is 6.43. The Bertz CT molecular complexity index is 435. The fourth-order valence-electron chi connectivity index (χ4n) is 1.51. The number of nitrogens with zero attached hydrogens (tertiary/aromatic N) is 1. The number of benzene rings is 1. The van der Waals surface area contributed by atoms with Crippen LogP contribution in [-0.2, 0) is 11.3 Å². The molecule has 0 saturated carbocycles. The van der Waals surface area contributed by atoms with Crippen LogP contribution in [0.3, 0.4) is 0 Å². The van der Waals surface area contributed by atoms with E-state index in [1.54, 1.807) is 0 Å². The average molecular weight is 261 g/mol. The van der Waals surface area contributed by atoms with Crippen molar-refractivity contribution in [2.45, 2.75) is 26.4 Å². The highest BCUT2D eigenvalue weighted by Gasteiger charge is 2.02. The zero-order valence-corrected chi connectivity index (χ0v) is 11.3. The van der Waals surface area contributed by atoms with Crippen molar-refractivity contribution in [2.75, 3.05) is 13.2 Å². The molecule has 0 heterocycles. The molecule has 5 nitrogen and oxygen atoms in total. The van der Waals surface area contributed by atoms with Gasteiger partial charge in [0.05, 0.1) is 6.54 Å². The molecule has 1 rings (SSSR count). The lowest BCUT2D eigenvalue weighted by atomic mass is 10.2. The molecule has 2 N–H and O–H groups in total. The predicted molar refractivity (Wildman–Crippen MR) is 72.5 cm³/mol. The molecule has 1 aromatic rings. The summed E-state index contributed by atoms with van der Waals surface area (Å²) in [7, 11) is 0. The molecule has 0 aliphatic heterocycles. The van der Waals surface area contributed by atoms with Gasteiger partial charge in [0.25, 0.3) is 0 Å². The molecule has 0 bridgehead atoms. The first-order valence-corrected chi connectivity index (χ1v) is 6.20. The predicted octanol–water partition coefficient (Wildman–Crippen LogP) is 1.20. The molecular weight excluding hydrogens is 242 g/mol. The maximum Gasteiger partial charge on any atom is 0.234 e. The lowest BCUT2D eigenvalue weighted by Gasteiger charge is -2.09. The fourth-order valence-corrected chi connectivity index (χ4v) is 1.51. The smallest absolute Gasteiger partial charge is 0.234 e. The number of nitrogens with one attached hydrogen (secondary N) is 2. The normalized spacial score (nSPS) is 10.0. The van der Waals surface area contributed by atoms with E-state index in [1.807, 2.05) is 44.2 Å². The Balaban J connectivity index is 2.30. The van der Waals surface area contributed by atoms with E-state index in [9.17, 15) is 4.79 Å². The summed E-state index contributed by atoms with van der Waals surface area (Å²) in [5, 5.41) is 14.3. The van der Waals surface area contributed by atoms with Crippen LogP contribution in [0.25, 0.3) is 0 Å². The Kier molecular flexibility index (Phi) is 6.41. The van der Waals surface area contributed by atoms with Gasteiger partial charge in [-0.05, 0) is 31.5 Å². The first-order valence-electron chi connectivity index (χ1n) is 6.20. The standard InChI is InChI=1S/C14H19N3O2/c1-11(2)17-14(18)10-16-9-12-3-5-13(6-4-12)19-8-7-15/h3-6,11,16H,8-10H2,1-2H3,(H,17,18). The highest BCUT2D eigenvalue weighted by atomic mass is 16.5. The van der Waals surface area contributed by atoms with Gasteiger partial charge in [-0.15, -0.1) is 0 Å². The topological polar surface area (TPSA) is 74.2 Å². The molecule has 0 aromatic heterocycles. The number of nitriles is 1. The summed E-state index contributed by atoms with van der Waals surface area (Å²) in [5.41, 5.74) is 1.06. The number of rotatable bonds is 7. The quantitative estimate of drug-likeness (QED) is 0.773. The number of carbonyl (C=O) groups is 1. The zero-order valence-electron chi connectivity index (χ0n) is 11.3. The zero-order chi connectivity index (χ0) is 14.1. The van der Waals surface area contributed by atoms with Crippen molar-refractivity contribution in [1.82, 2.24) is 10.6 Å². The number of carbonyl (C=O) groups excluding carboxylic acids is 1. The SMILES string of the molecule is CC(C)NC(=O)CNCc1ccc(OCC#N)cc1. The first-order chi connectivity index (χ1) is 9.11. The van der Waals surface area contributed by atoms with Crippen LogP contribution in [-0.4, -0.2) is 25.1 Å². The maximum absolute atomic E-state index is 11.4.